The number of hydrogen-bond donors (Lipinski definition) is 0. The van der Waals surface area contributed by atoms with E-state index in [2.05, 4.69) is 4.98 Å². The van der Waals surface area contributed by atoms with Crippen molar-refractivity contribution in [1.82, 2.24) is 14.3 Å². The van der Waals surface area contributed by atoms with E-state index in [-0.39, 0.29) is 12.5 Å². The number of amides is 1. The molecule has 1 fully saturated rings. The van der Waals surface area contributed by atoms with Gasteiger partial charge in [-0.2, -0.15) is 13.2 Å². The minimum absolute atomic E-state index is 0.132. The lowest BCUT2D eigenvalue weighted by molar-refractivity contribution is -0.137. The molecule has 3 heterocycles. The van der Waals surface area contributed by atoms with Crippen LogP contribution in [0.5, 0.6) is 5.75 Å². The van der Waals surface area contributed by atoms with E-state index < -0.39 is 11.7 Å². The first-order chi connectivity index (χ1) is 17.3. The predicted octanol–water partition coefficient (Wildman–Crippen LogP) is 5.20. The van der Waals surface area contributed by atoms with E-state index in [1.807, 2.05) is 40.8 Å². The second kappa shape index (κ2) is 9.56. The molecule has 0 unspecified atom stereocenters. The Bertz CT molecular complexity index is 1390. The third-order valence-corrected chi connectivity index (χ3v) is 6.30. The van der Waals surface area contributed by atoms with Gasteiger partial charge in [-0.3, -0.25) is 4.79 Å². The highest BCUT2D eigenvalue weighted by Crippen LogP contribution is 2.32. The Kier molecular flexibility index (Phi) is 6.30. The standard InChI is InChI=1S/C27H25F3N4O2/c1-19-5-4-10-34-17-22(31-25(19)34)18-36-24-9-2-6-20(15-24)26(35)33-13-11-32(12-14-33)23-8-3-7-21(16-23)27(28,29)30/h2-10,15-17H,11-14,18H2,1H3. The summed E-state index contributed by atoms with van der Waals surface area (Å²) in [5.41, 5.74) is 3.08. The van der Waals surface area contributed by atoms with E-state index in [1.54, 1.807) is 35.2 Å². The maximum absolute atomic E-state index is 13.1. The molecule has 2 aromatic heterocycles. The molecule has 0 atom stereocenters. The van der Waals surface area contributed by atoms with Gasteiger partial charge in [0.2, 0.25) is 0 Å². The summed E-state index contributed by atoms with van der Waals surface area (Å²) in [7, 11) is 0. The zero-order valence-electron chi connectivity index (χ0n) is 19.7. The number of hydrogen-bond acceptors (Lipinski definition) is 4. The number of nitrogens with zero attached hydrogens (tertiary/aromatic N) is 4. The second-order valence-electron chi connectivity index (χ2n) is 8.80. The highest BCUT2D eigenvalue weighted by molar-refractivity contribution is 5.94. The molecule has 9 heteroatoms. The molecule has 1 saturated heterocycles. The summed E-state index contributed by atoms with van der Waals surface area (Å²) in [5, 5.41) is 0. The van der Waals surface area contributed by atoms with Gasteiger partial charge in [-0.1, -0.05) is 18.2 Å². The molecule has 0 radical (unpaired) electrons. The summed E-state index contributed by atoms with van der Waals surface area (Å²) in [6.07, 6.45) is -0.531. The third kappa shape index (κ3) is 5.00. The number of rotatable bonds is 5. The molecule has 5 rings (SSSR count). The lowest BCUT2D eigenvalue weighted by Gasteiger charge is -2.36. The molecule has 4 aromatic rings. The average Bonchev–Trinajstić information content (AvgIpc) is 3.32. The highest BCUT2D eigenvalue weighted by atomic mass is 19.4. The zero-order chi connectivity index (χ0) is 25.3. The molecule has 1 amide bonds. The van der Waals surface area contributed by atoms with E-state index in [9.17, 15) is 18.0 Å². The summed E-state index contributed by atoms with van der Waals surface area (Å²) < 4.78 is 47.0. The normalized spacial score (nSPS) is 14.3. The molecular formula is C27H25F3N4O2. The Morgan fingerprint density at radius 1 is 1.00 bits per heavy atom. The Morgan fingerprint density at radius 3 is 2.53 bits per heavy atom. The van der Waals surface area contributed by atoms with Crippen molar-refractivity contribution in [3.63, 3.8) is 0 Å². The summed E-state index contributed by atoms with van der Waals surface area (Å²) in [5.74, 6) is 0.435. The molecule has 2 aromatic carbocycles. The van der Waals surface area contributed by atoms with Crippen molar-refractivity contribution in [3.8, 4) is 5.75 Å². The lowest BCUT2D eigenvalue weighted by Crippen LogP contribution is -2.48. The van der Waals surface area contributed by atoms with Gasteiger partial charge in [-0.15, -0.1) is 0 Å². The molecule has 0 spiro atoms. The fourth-order valence-electron chi connectivity index (χ4n) is 4.38. The monoisotopic (exact) mass is 494 g/mol. The quantitative estimate of drug-likeness (QED) is 0.383. The Hall–Kier alpha value is -4.01. The maximum atomic E-state index is 13.1. The van der Waals surface area contributed by atoms with Gasteiger partial charge in [0.1, 0.15) is 18.0 Å². The summed E-state index contributed by atoms with van der Waals surface area (Å²) in [6.45, 7) is 4.02. The minimum atomic E-state index is -4.38. The van der Waals surface area contributed by atoms with Crippen LogP contribution in [0.15, 0.2) is 73.1 Å². The lowest BCUT2D eigenvalue weighted by atomic mass is 10.1. The van der Waals surface area contributed by atoms with Gasteiger partial charge in [0, 0.05) is 49.8 Å². The van der Waals surface area contributed by atoms with Gasteiger partial charge in [-0.05, 0) is 55.0 Å². The van der Waals surface area contributed by atoms with Crippen LogP contribution in [0, 0.1) is 6.92 Å². The molecule has 0 aliphatic carbocycles. The SMILES string of the molecule is Cc1cccn2cc(COc3cccc(C(=O)N4CCN(c5cccc(C(F)(F)F)c5)CC4)c3)nc12. The largest absolute Gasteiger partial charge is 0.487 e. The van der Waals surface area contributed by atoms with Crippen LogP contribution in [0.4, 0.5) is 18.9 Å². The first-order valence-corrected chi connectivity index (χ1v) is 11.7. The Labute approximate surface area is 206 Å². The van der Waals surface area contributed by atoms with Crippen molar-refractivity contribution in [2.45, 2.75) is 19.7 Å². The van der Waals surface area contributed by atoms with E-state index in [1.165, 1.54) is 6.07 Å². The number of anilines is 1. The van der Waals surface area contributed by atoms with Gasteiger partial charge >= 0.3 is 6.18 Å². The molecule has 6 nitrogen and oxygen atoms in total. The number of piperazine rings is 1. The molecule has 0 N–H and O–H groups in total. The number of aromatic nitrogens is 2. The molecular weight excluding hydrogens is 469 g/mol. The molecule has 0 saturated carbocycles. The predicted molar refractivity (Wildman–Crippen MR) is 130 cm³/mol. The van der Waals surface area contributed by atoms with E-state index >= 15 is 0 Å². The first-order valence-electron chi connectivity index (χ1n) is 11.7. The fourth-order valence-corrected chi connectivity index (χ4v) is 4.38. The van der Waals surface area contributed by atoms with Crippen LogP contribution in [0.25, 0.3) is 5.65 Å². The van der Waals surface area contributed by atoms with Gasteiger partial charge in [0.15, 0.2) is 0 Å². The van der Waals surface area contributed by atoms with Crippen LogP contribution >= 0.6 is 0 Å². The van der Waals surface area contributed by atoms with Crippen LogP contribution in [-0.2, 0) is 12.8 Å². The number of carbonyl (C=O) groups is 1. The van der Waals surface area contributed by atoms with Crippen LogP contribution in [-0.4, -0.2) is 46.4 Å². The summed E-state index contributed by atoms with van der Waals surface area (Å²) in [6, 6.07) is 16.3. The van der Waals surface area contributed by atoms with Gasteiger partial charge < -0.3 is 18.9 Å². The van der Waals surface area contributed by atoms with Crippen molar-refractivity contribution in [1.29, 1.82) is 0 Å². The van der Waals surface area contributed by atoms with Crippen molar-refractivity contribution in [3.05, 3.63) is 95.4 Å². The number of aryl methyl sites for hydroxylation is 1. The van der Waals surface area contributed by atoms with Crippen molar-refractivity contribution in [2.75, 3.05) is 31.1 Å². The smallest absolute Gasteiger partial charge is 0.416 e. The second-order valence-corrected chi connectivity index (χ2v) is 8.80. The number of pyridine rings is 1. The molecule has 1 aliphatic heterocycles. The molecule has 0 bridgehead atoms. The fraction of sp³-hybridized carbons (Fsp3) is 0.259. The molecule has 36 heavy (non-hydrogen) atoms. The van der Waals surface area contributed by atoms with Crippen LogP contribution < -0.4 is 9.64 Å². The summed E-state index contributed by atoms with van der Waals surface area (Å²) in [4.78, 5) is 21.3. The van der Waals surface area contributed by atoms with E-state index in [0.717, 1.165) is 29.0 Å². The van der Waals surface area contributed by atoms with Gasteiger partial charge in [-0.25, -0.2) is 4.98 Å². The van der Waals surface area contributed by atoms with E-state index in [0.29, 0.717) is 43.2 Å². The molecule has 1 aliphatic rings. The maximum Gasteiger partial charge on any atom is 0.416 e. The number of fused-ring (bicyclic) bond motifs is 1. The number of alkyl halides is 3. The number of halogens is 3. The van der Waals surface area contributed by atoms with Crippen molar-refractivity contribution < 1.29 is 22.7 Å². The van der Waals surface area contributed by atoms with Gasteiger partial charge in [0.25, 0.3) is 5.91 Å². The van der Waals surface area contributed by atoms with Crippen molar-refractivity contribution >= 4 is 17.2 Å². The highest BCUT2D eigenvalue weighted by Gasteiger charge is 2.31. The topological polar surface area (TPSA) is 50.1 Å². The zero-order valence-corrected chi connectivity index (χ0v) is 19.7. The molecule has 186 valence electrons. The first kappa shape index (κ1) is 23.7. The van der Waals surface area contributed by atoms with E-state index in [4.69, 9.17) is 4.74 Å². The van der Waals surface area contributed by atoms with Crippen molar-refractivity contribution in [2.24, 2.45) is 0 Å². The third-order valence-electron chi connectivity index (χ3n) is 6.30. The number of imidazole rings is 1. The number of ether oxygens (including phenoxy) is 1. The van der Waals surface area contributed by atoms with Crippen LogP contribution in [0.3, 0.4) is 0 Å². The summed E-state index contributed by atoms with van der Waals surface area (Å²) >= 11 is 0. The Balaban J connectivity index is 1.20. The number of benzene rings is 2. The number of carbonyl (C=O) groups excluding carboxylic acids is 1. The van der Waals surface area contributed by atoms with Gasteiger partial charge in [0.05, 0.1) is 11.3 Å². The average molecular weight is 495 g/mol. The Morgan fingerprint density at radius 2 is 1.78 bits per heavy atom. The van der Waals surface area contributed by atoms with Crippen LogP contribution in [0.2, 0.25) is 0 Å². The van der Waals surface area contributed by atoms with Crippen LogP contribution in [0.1, 0.15) is 27.2 Å². The minimum Gasteiger partial charge on any atom is -0.487 e.